The molecule has 0 aliphatic carbocycles. The molecule has 1 rings (SSSR count). The Hall–Kier alpha value is -2.08. The third-order valence-electron chi connectivity index (χ3n) is 11.5. The van der Waals surface area contributed by atoms with E-state index < -0.39 is 49.4 Å². The molecule has 1 heterocycles. The molecule has 6 atom stereocenters. The Bertz CT molecular complexity index is 1090. The number of allylic oxidation sites excluding steroid dienone is 6. The minimum atomic E-state index is -1.60. The Balaban J connectivity index is 2.27. The Labute approximate surface area is 372 Å². The number of ether oxygens (including phenoxy) is 4. The molecule has 0 aromatic rings. The average Bonchev–Trinajstić information content (AvgIpc) is 3.26. The van der Waals surface area contributed by atoms with Crippen molar-refractivity contribution >= 4 is 11.9 Å². The molecule has 4 N–H and O–H groups in total. The predicted octanol–water partition coefficient (Wildman–Crippen LogP) is 11.4. The van der Waals surface area contributed by atoms with Gasteiger partial charge in [-0.2, -0.15) is 0 Å². The molecule has 0 aromatic carbocycles. The zero-order valence-corrected chi connectivity index (χ0v) is 38.9. The zero-order valence-electron chi connectivity index (χ0n) is 38.9. The fourth-order valence-electron chi connectivity index (χ4n) is 7.53. The molecular weight excluding hydrogens is 773 g/mol. The zero-order chi connectivity index (χ0) is 44.4. The summed E-state index contributed by atoms with van der Waals surface area (Å²) in [6.07, 6.45) is 41.5. The van der Waals surface area contributed by atoms with Crippen LogP contribution in [0, 0.1) is 0 Å². The van der Waals surface area contributed by atoms with Crippen LogP contribution in [0.25, 0.3) is 0 Å². The Morgan fingerprint density at radius 1 is 0.508 bits per heavy atom. The molecule has 0 saturated carbocycles. The maximum absolute atomic E-state index is 12.8. The van der Waals surface area contributed by atoms with E-state index in [1.54, 1.807) is 0 Å². The molecule has 1 aliphatic rings. The molecule has 10 nitrogen and oxygen atoms in total. The molecule has 0 radical (unpaired) electrons. The molecule has 0 aromatic heterocycles. The van der Waals surface area contributed by atoms with Crippen molar-refractivity contribution in [1.29, 1.82) is 0 Å². The van der Waals surface area contributed by atoms with Crippen molar-refractivity contribution in [2.75, 3.05) is 19.8 Å². The summed E-state index contributed by atoms with van der Waals surface area (Å²) in [5.74, 6) is -0.819. The lowest BCUT2D eigenvalue weighted by Crippen LogP contribution is -2.59. The number of aliphatic hydroxyl groups excluding tert-OH is 4. The fraction of sp³-hybridized carbons (Fsp3) is 0.843. The van der Waals surface area contributed by atoms with Crippen LogP contribution in [0.5, 0.6) is 0 Å². The second kappa shape index (κ2) is 41.9. The van der Waals surface area contributed by atoms with Crippen molar-refractivity contribution in [1.82, 2.24) is 0 Å². The highest BCUT2D eigenvalue weighted by molar-refractivity contribution is 5.70. The normalized spacial score (nSPS) is 20.0. The van der Waals surface area contributed by atoms with Gasteiger partial charge in [0, 0.05) is 12.8 Å². The molecule has 0 amide bonds. The van der Waals surface area contributed by atoms with Gasteiger partial charge in [0.1, 0.15) is 31.0 Å². The second-order valence-corrected chi connectivity index (χ2v) is 17.3. The van der Waals surface area contributed by atoms with E-state index in [9.17, 15) is 30.0 Å². The van der Waals surface area contributed by atoms with Crippen LogP contribution in [0.4, 0.5) is 0 Å². The lowest BCUT2D eigenvalue weighted by atomic mass is 9.99. The lowest BCUT2D eigenvalue weighted by Gasteiger charge is -2.39. The number of carbonyl (C=O) groups is 2. The first kappa shape index (κ1) is 56.9. The molecular formula is C51H92O10. The maximum Gasteiger partial charge on any atom is 0.306 e. The quantitative estimate of drug-likeness (QED) is 0.0202. The first-order valence-corrected chi connectivity index (χ1v) is 25.1. The van der Waals surface area contributed by atoms with Crippen LogP contribution >= 0.6 is 0 Å². The smallest absolute Gasteiger partial charge is 0.306 e. The number of aliphatic hydroxyl groups is 4. The molecule has 2 unspecified atom stereocenters. The van der Waals surface area contributed by atoms with Crippen LogP contribution in [-0.4, -0.2) is 89.0 Å². The number of hydrogen-bond acceptors (Lipinski definition) is 10. The van der Waals surface area contributed by atoms with E-state index in [1.807, 2.05) is 0 Å². The Morgan fingerprint density at radius 3 is 1.39 bits per heavy atom. The van der Waals surface area contributed by atoms with Crippen molar-refractivity contribution in [3.63, 3.8) is 0 Å². The number of esters is 2. The minimum absolute atomic E-state index is 0.224. The first-order valence-electron chi connectivity index (χ1n) is 25.1. The van der Waals surface area contributed by atoms with E-state index in [1.165, 1.54) is 122 Å². The van der Waals surface area contributed by atoms with Gasteiger partial charge in [-0.3, -0.25) is 9.59 Å². The van der Waals surface area contributed by atoms with E-state index in [-0.39, 0.29) is 32.0 Å². The van der Waals surface area contributed by atoms with Crippen LogP contribution in [0.1, 0.15) is 219 Å². The molecule has 356 valence electrons. The van der Waals surface area contributed by atoms with E-state index in [4.69, 9.17) is 18.9 Å². The van der Waals surface area contributed by atoms with Gasteiger partial charge in [-0.05, 0) is 64.2 Å². The maximum atomic E-state index is 12.8. The highest BCUT2D eigenvalue weighted by atomic mass is 16.7. The highest BCUT2D eigenvalue weighted by Crippen LogP contribution is 2.23. The summed E-state index contributed by atoms with van der Waals surface area (Å²) in [7, 11) is 0. The molecule has 0 bridgehead atoms. The van der Waals surface area contributed by atoms with Crippen molar-refractivity contribution in [2.45, 2.75) is 256 Å². The number of carbonyl (C=O) groups excluding carboxylic acids is 2. The van der Waals surface area contributed by atoms with E-state index in [0.717, 1.165) is 57.8 Å². The molecule has 0 spiro atoms. The molecule has 1 fully saturated rings. The van der Waals surface area contributed by atoms with Gasteiger partial charge in [-0.15, -0.1) is 0 Å². The highest BCUT2D eigenvalue weighted by Gasteiger charge is 2.44. The Kier molecular flexibility index (Phi) is 39.1. The van der Waals surface area contributed by atoms with Crippen LogP contribution < -0.4 is 0 Å². The summed E-state index contributed by atoms with van der Waals surface area (Å²) in [6.45, 7) is 3.40. The van der Waals surface area contributed by atoms with Gasteiger partial charge in [0.15, 0.2) is 12.4 Å². The Morgan fingerprint density at radius 2 is 0.918 bits per heavy atom. The summed E-state index contributed by atoms with van der Waals surface area (Å²) in [4.78, 5) is 25.4. The van der Waals surface area contributed by atoms with E-state index in [0.29, 0.717) is 12.8 Å². The largest absolute Gasteiger partial charge is 0.462 e. The lowest BCUT2D eigenvalue weighted by molar-refractivity contribution is -0.305. The predicted molar refractivity (Wildman–Crippen MR) is 247 cm³/mol. The average molecular weight is 865 g/mol. The fourth-order valence-corrected chi connectivity index (χ4v) is 7.53. The monoisotopic (exact) mass is 865 g/mol. The van der Waals surface area contributed by atoms with Gasteiger partial charge in [-0.1, -0.05) is 179 Å². The SMILES string of the molecule is CCCCCC/C=C/C=C/CCCCCCCC(=O)OC[C@H](CO[C@@H]1O[C@H](CO)[C@H](O)C(O)C1O)OC(=O)CCCCCCCCCCCCC/C=C/CCCCCCCC. The van der Waals surface area contributed by atoms with Crippen molar-refractivity contribution < 1.29 is 49.0 Å². The molecule has 61 heavy (non-hydrogen) atoms. The minimum Gasteiger partial charge on any atom is -0.462 e. The number of rotatable bonds is 42. The second-order valence-electron chi connectivity index (χ2n) is 17.3. The van der Waals surface area contributed by atoms with E-state index in [2.05, 4.69) is 50.3 Å². The van der Waals surface area contributed by atoms with Gasteiger partial charge in [0.25, 0.3) is 0 Å². The molecule has 10 heteroatoms. The van der Waals surface area contributed by atoms with Gasteiger partial charge >= 0.3 is 11.9 Å². The van der Waals surface area contributed by atoms with Crippen molar-refractivity contribution in [3.05, 3.63) is 36.5 Å². The van der Waals surface area contributed by atoms with Gasteiger partial charge < -0.3 is 39.4 Å². The summed E-state index contributed by atoms with van der Waals surface area (Å²) < 4.78 is 22.2. The summed E-state index contributed by atoms with van der Waals surface area (Å²) in [5, 5.41) is 40.2. The summed E-state index contributed by atoms with van der Waals surface area (Å²) in [5.41, 5.74) is 0. The third-order valence-corrected chi connectivity index (χ3v) is 11.5. The number of unbranched alkanes of at least 4 members (excludes halogenated alkanes) is 26. The van der Waals surface area contributed by atoms with Crippen LogP contribution in [0.15, 0.2) is 36.5 Å². The number of hydrogen-bond donors (Lipinski definition) is 4. The molecule has 1 saturated heterocycles. The third kappa shape index (κ3) is 33.1. The molecule has 1 aliphatic heterocycles. The topological polar surface area (TPSA) is 152 Å². The first-order chi connectivity index (χ1) is 29.8. The van der Waals surface area contributed by atoms with Gasteiger partial charge in [0.2, 0.25) is 0 Å². The van der Waals surface area contributed by atoms with Crippen molar-refractivity contribution in [2.24, 2.45) is 0 Å². The standard InChI is InChI=1S/C51H92O10/c1-3-5-7-9-11-13-15-17-19-20-21-22-23-24-26-28-30-32-34-36-38-40-47(54)60-44(43-59-51-50(57)49(56)48(55)45(41-52)61-51)42-58-46(53)39-37-35-33-31-29-27-25-18-16-14-12-10-8-6-4-2/h14,16-19,25,44-45,48-52,55-57H,3-13,15,20-24,26-43H2,1-2H3/b16-14+,19-17+,25-18+/t44-,45-,48+,49?,50?,51-/m1/s1. The van der Waals surface area contributed by atoms with Crippen molar-refractivity contribution in [3.8, 4) is 0 Å². The van der Waals surface area contributed by atoms with Gasteiger partial charge in [-0.25, -0.2) is 0 Å². The summed E-state index contributed by atoms with van der Waals surface area (Å²) >= 11 is 0. The van der Waals surface area contributed by atoms with Crippen LogP contribution in [0.3, 0.4) is 0 Å². The van der Waals surface area contributed by atoms with Gasteiger partial charge in [0.05, 0.1) is 13.2 Å². The summed E-state index contributed by atoms with van der Waals surface area (Å²) in [6, 6.07) is 0. The van der Waals surface area contributed by atoms with E-state index >= 15 is 0 Å². The van der Waals surface area contributed by atoms with Crippen LogP contribution in [0.2, 0.25) is 0 Å². The van der Waals surface area contributed by atoms with Crippen LogP contribution in [-0.2, 0) is 28.5 Å².